The minimum atomic E-state index is -0.589. The summed E-state index contributed by atoms with van der Waals surface area (Å²) in [4.78, 5) is 0. The molecule has 0 aliphatic heterocycles. The second kappa shape index (κ2) is 5.45. The van der Waals surface area contributed by atoms with Crippen LogP contribution in [0.15, 0.2) is 45.3 Å². The number of benzene rings is 2. The van der Waals surface area contributed by atoms with Crippen molar-refractivity contribution in [3.8, 4) is 11.1 Å². The van der Waals surface area contributed by atoms with E-state index in [1.807, 2.05) is 0 Å². The van der Waals surface area contributed by atoms with E-state index in [0.717, 1.165) is 20.1 Å². The first-order valence-electron chi connectivity index (χ1n) is 7.08. The van der Waals surface area contributed by atoms with E-state index in [4.69, 9.17) is 9.47 Å². The van der Waals surface area contributed by atoms with E-state index in [0.29, 0.717) is 0 Å². The number of ether oxygens (including phenoxy) is 2. The number of hydrogen-bond acceptors (Lipinski definition) is 2. The quantitative estimate of drug-likeness (QED) is 0.621. The van der Waals surface area contributed by atoms with Gasteiger partial charge in [-0.15, -0.1) is 0 Å². The predicted molar refractivity (Wildman–Crippen MR) is 96.0 cm³/mol. The van der Waals surface area contributed by atoms with Crippen molar-refractivity contribution in [3.63, 3.8) is 0 Å². The number of methoxy groups -OCH3 is 2. The molecule has 0 heterocycles. The van der Waals surface area contributed by atoms with Gasteiger partial charge in [-0.05, 0) is 60.4 Å². The number of rotatable bonds is 2. The van der Waals surface area contributed by atoms with E-state index in [9.17, 15) is 0 Å². The summed E-state index contributed by atoms with van der Waals surface area (Å²) < 4.78 is 14.1. The highest BCUT2D eigenvalue weighted by Gasteiger charge is 2.53. The van der Waals surface area contributed by atoms with Gasteiger partial charge in [-0.25, -0.2) is 0 Å². The maximum Gasteiger partial charge on any atom is 0.123 e. The zero-order valence-electron chi connectivity index (χ0n) is 13.0. The molecule has 2 aromatic rings. The third kappa shape index (κ3) is 2.04. The summed E-state index contributed by atoms with van der Waals surface area (Å²) in [6.45, 7) is 4.18. The van der Waals surface area contributed by atoms with Gasteiger partial charge in [0, 0.05) is 23.2 Å². The summed E-state index contributed by atoms with van der Waals surface area (Å²) in [5, 5.41) is 0. The molecule has 4 heteroatoms. The van der Waals surface area contributed by atoms with Crippen LogP contribution in [0.4, 0.5) is 0 Å². The van der Waals surface area contributed by atoms with Gasteiger partial charge in [0.05, 0.1) is 0 Å². The molecule has 116 valence electrons. The van der Waals surface area contributed by atoms with Crippen LogP contribution in [-0.4, -0.2) is 14.2 Å². The number of fused-ring (bicyclic) bond motifs is 3. The Morgan fingerprint density at radius 1 is 0.727 bits per heavy atom. The second-order valence-corrected chi connectivity index (χ2v) is 7.69. The molecule has 0 aromatic heterocycles. The lowest BCUT2D eigenvalue weighted by Crippen LogP contribution is -2.50. The molecule has 0 fully saturated rings. The third-order valence-electron chi connectivity index (χ3n) is 5.01. The van der Waals surface area contributed by atoms with Gasteiger partial charge in [-0.2, -0.15) is 0 Å². The van der Waals surface area contributed by atoms with Crippen molar-refractivity contribution >= 4 is 31.9 Å². The molecule has 0 N–H and O–H groups in total. The van der Waals surface area contributed by atoms with Gasteiger partial charge in [-0.1, -0.05) is 44.0 Å². The summed E-state index contributed by atoms with van der Waals surface area (Å²) in [5.74, 6) is 0. The van der Waals surface area contributed by atoms with Crippen LogP contribution in [0.5, 0.6) is 0 Å². The van der Waals surface area contributed by atoms with Crippen molar-refractivity contribution < 1.29 is 9.47 Å². The molecule has 22 heavy (non-hydrogen) atoms. The lowest BCUT2D eigenvalue weighted by Gasteiger charge is -2.49. The van der Waals surface area contributed by atoms with Crippen LogP contribution in [-0.2, 0) is 20.7 Å². The Bertz CT molecular complexity index is 680. The van der Waals surface area contributed by atoms with Gasteiger partial charge in [0.25, 0.3) is 0 Å². The van der Waals surface area contributed by atoms with E-state index < -0.39 is 11.2 Å². The first-order chi connectivity index (χ1) is 10.4. The summed E-state index contributed by atoms with van der Waals surface area (Å²) in [5.41, 5.74) is 3.45. The molecule has 2 aromatic carbocycles. The third-order valence-corrected chi connectivity index (χ3v) is 5.99. The summed E-state index contributed by atoms with van der Waals surface area (Å²) in [6.07, 6.45) is 0. The van der Waals surface area contributed by atoms with Gasteiger partial charge in [0.2, 0.25) is 0 Å². The first-order valence-corrected chi connectivity index (χ1v) is 8.66. The van der Waals surface area contributed by atoms with Gasteiger partial charge in [0.1, 0.15) is 11.2 Å². The van der Waals surface area contributed by atoms with Gasteiger partial charge in [-0.3, -0.25) is 0 Å². The Kier molecular flexibility index (Phi) is 4.01. The molecule has 0 spiro atoms. The maximum atomic E-state index is 6.00. The molecule has 3 rings (SSSR count). The largest absolute Gasteiger partial charge is 0.370 e. The highest BCUT2D eigenvalue weighted by molar-refractivity contribution is 9.10. The minimum absolute atomic E-state index is 0.589. The fourth-order valence-electron chi connectivity index (χ4n) is 3.42. The molecular weight excluding hydrogens is 408 g/mol. The summed E-state index contributed by atoms with van der Waals surface area (Å²) in [6, 6.07) is 12.7. The van der Waals surface area contributed by atoms with E-state index >= 15 is 0 Å². The van der Waals surface area contributed by atoms with Crippen LogP contribution >= 0.6 is 31.9 Å². The minimum Gasteiger partial charge on any atom is -0.370 e. The van der Waals surface area contributed by atoms with Crippen LogP contribution in [0.3, 0.4) is 0 Å². The van der Waals surface area contributed by atoms with Crippen molar-refractivity contribution in [1.82, 2.24) is 0 Å². The zero-order chi connectivity index (χ0) is 16.1. The summed E-state index contributed by atoms with van der Waals surface area (Å²) >= 11 is 7.16. The zero-order valence-corrected chi connectivity index (χ0v) is 16.2. The normalized spacial score (nSPS) is 26.5. The topological polar surface area (TPSA) is 18.5 Å². The average Bonchev–Trinajstić information content (AvgIpc) is 2.52. The van der Waals surface area contributed by atoms with Gasteiger partial charge in [0.15, 0.2) is 0 Å². The van der Waals surface area contributed by atoms with Crippen LogP contribution in [0.1, 0.15) is 25.0 Å². The average molecular weight is 426 g/mol. The van der Waals surface area contributed by atoms with Crippen LogP contribution in [0.2, 0.25) is 0 Å². The molecule has 0 amide bonds. The van der Waals surface area contributed by atoms with Crippen molar-refractivity contribution in [2.24, 2.45) is 0 Å². The van der Waals surface area contributed by atoms with Crippen LogP contribution in [0.25, 0.3) is 11.1 Å². The monoisotopic (exact) mass is 424 g/mol. The van der Waals surface area contributed by atoms with Crippen molar-refractivity contribution in [1.29, 1.82) is 0 Å². The van der Waals surface area contributed by atoms with E-state index in [-0.39, 0.29) is 0 Å². The Balaban J connectivity index is 2.44. The van der Waals surface area contributed by atoms with Crippen LogP contribution in [0, 0.1) is 0 Å². The fourth-order valence-corrected chi connectivity index (χ4v) is 4.14. The SMILES string of the molecule is CO[C@]1(C)c2cc(Br)ccc2-c2ccc(Br)cc2[C@@]1(C)OC. The van der Waals surface area contributed by atoms with Gasteiger partial charge >= 0.3 is 0 Å². The maximum absolute atomic E-state index is 6.00. The molecule has 1 aliphatic rings. The Hall–Kier alpha value is -0.680. The Morgan fingerprint density at radius 2 is 1.09 bits per heavy atom. The standard InChI is InChI=1S/C18H18Br2O2/c1-17(21-3)15-9-11(19)5-7-13(15)14-8-6-12(20)10-16(14)18(17,2)22-4/h5-10H,1-4H3/t17-,18-/m1/s1. The highest BCUT2D eigenvalue weighted by Crippen LogP contribution is 2.55. The van der Waals surface area contributed by atoms with E-state index in [2.05, 4.69) is 82.1 Å². The first kappa shape index (κ1) is 16.2. The molecule has 2 atom stereocenters. The molecule has 0 radical (unpaired) electrons. The number of hydrogen-bond donors (Lipinski definition) is 0. The fraction of sp³-hybridized carbons (Fsp3) is 0.333. The molecule has 0 unspecified atom stereocenters. The molecule has 0 saturated carbocycles. The second-order valence-electron chi connectivity index (χ2n) is 5.85. The van der Waals surface area contributed by atoms with Crippen molar-refractivity contribution in [2.75, 3.05) is 14.2 Å². The van der Waals surface area contributed by atoms with Crippen LogP contribution < -0.4 is 0 Å². The highest BCUT2D eigenvalue weighted by atomic mass is 79.9. The lowest BCUT2D eigenvalue weighted by molar-refractivity contribution is -0.181. The Morgan fingerprint density at radius 3 is 1.41 bits per heavy atom. The van der Waals surface area contributed by atoms with E-state index in [1.165, 1.54) is 11.1 Å². The lowest BCUT2D eigenvalue weighted by atomic mass is 9.67. The molecule has 2 nitrogen and oxygen atoms in total. The van der Waals surface area contributed by atoms with Crippen molar-refractivity contribution in [3.05, 3.63) is 56.5 Å². The molecular formula is C18H18Br2O2. The number of halogens is 2. The smallest absolute Gasteiger partial charge is 0.123 e. The van der Waals surface area contributed by atoms with Gasteiger partial charge < -0.3 is 9.47 Å². The predicted octanol–water partition coefficient (Wildman–Crippen LogP) is 5.62. The van der Waals surface area contributed by atoms with E-state index in [1.54, 1.807) is 14.2 Å². The molecule has 0 saturated heterocycles. The molecule has 1 aliphatic carbocycles. The Labute approximate surface area is 148 Å². The molecule has 0 bridgehead atoms. The van der Waals surface area contributed by atoms with Crippen molar-refractivity contribution in [2.45, 2.75) is 25.0 Å². The summed E-state index contributed by atoms with van der Waals surface area (Å²) in [7, 11) is 3.48.